The molecule has 0 aromatic carbocycles. The SMILES string of the molecule is CCn1cc(CNCCNC(N)=O)cn1. The van der Waals surface area contributed by atoms with Crippen LogP contribution in [-0.4, -0.2) is 28.9 Å². The molecule has 15 heavy (non-hydrogen) atoms. The van der Waals surface area contributed by atoms with E-state index in [9.17, 15) is 4.79 Å². The molecule has 1 aromatic rings. The lowest BCUT2D eigenvalue weighted by Gasteiger charge is -2.02. The fourth-order valence-corrected chi connectivity index (χ4v) is 1.18. The molecule has 84 valence electrons. The zero-order chi connectivity index (χ0) is 11.1. The minimum Gasteiger partial charge on any atom is -0.352 e. The average molecular weight is 211 g/mol. The van der Waals surface area contributed by atoms with E-state index in [0.717, 1.165) is 18.7 Å². The van der Waals surface area contributed by atoms with Gasteiger partial charge in [-0.05, 0) is 6.92 Å². The van der Waals surface area contributed by atoms with Gasteiger partial charge in [0, 0.05) is 37.9 Å². The van der Waals surface area contributed by atoms with Gasteiger partial charge in [-0.2, -0.15) is 5.10 Å². The van der Waals surface area contributed by atoms with Gasteiger partial charge < -0.3 is 16.4 Å². The van der Waals surface area contributed by atoms with E-state index in [-0.39, 0.29) is 0 Å². The Bertz CT molecular complexity index is 309. The molecule has 4 N–H and O–H groups in total. The van der Waals surface area contributed by atoms with Gasteiger partial charge in [-0.15, -0.1) is 0 Å². The molecule has 0 spiro atoms. The lowest BCUT2D eigenvalue weighted by atomic mass is 10.3. The van der Waals surface area contributed by atoms with E-state index in [1.54, 1.807) is 0 Å². The van der Waals surface area contributed by atoms with Crippen LogP contribution in [0.2, 0.25) is 0 Å². The second-order valence-corrected chi connectivity index (χ2v) is 3.17. The van der Waals surface area contributed by atoms with Gasteiger partial charge >= 0.3 is 6.03 Å². The van der Waals surface area contributed by atoms with Crippen molar-refractivity contribution < 1.29 is 4.79 Å². The third-order valence-corrected chi connectivity index (χ3v) is 1.94. The molecule has 1 aromatic heterocycles. The Morgan fingerprint density at radius 2 is 2.40 bits per heavy atom. The van der Waals surface area contributed by atoms with Crippen molar-refractivity contribution in [3.63, 3.8) is 0 Å². The molecule has 0 aliphatic carbocycles. The van der Waals surface area contributed by atoms with Crippen LogP contribution in [0.5, 0.6) is 0 Å². The van der Waals surface area contributed by atoms with Crippen LogP contribution in [0.25, 0.3) is 0 Å². The Labute approximate surface area is 88.8 Å². The Kier molecular flexibility index (Phi) is 4.62. The normalized spacial score (nSPS) is 10.2. The van der Waals surface area contributed by atoms with Gasteiger partial charge in [-0.1, -0.05) is 0 Å². The molecule has 0 saturated heterocycles. The third-order valence-electron chi connectivity index (χ3n) is 1.94. The quantitative estimate of drug-likeness (QED) is 0.563. The smallest absolute Gasteiger partial charge is 0.312 e. The Morgan fingerprint density at radius 1 is 1.60 bits per heavy atom. The first-order valence-electron chi connectivity index (χ1n) is 4.97. The summed E-state index contributed by atoms with van der Waals surface area (Å²) in [5.41, 5.74) is 6.05. The first kappa shape index (κ1) is 11.5. The Balaban J connectivity index is 2.12. The summed E-state index contributed by atoms with van der Waals surface area (Å²) in [6.45, 7) is 4.90. The van der Waals surface area contributed by atoms with Crippen molar-refractivity contribution in [3.8, 4) is 0 Å². The minimum atomic E-state index is -0.490. The number of primary amides is 1. The largest absolute Gasteiger partial charge is 0.352 e. The topological polar surface area (TPSA) is 85.0 Å². The summed E-state index contributed by atoms with van der Waals surface area (Å²) in [4.78, 5) is 10.3. The van der Waals surface area contributed by atoms with Gasteiger partial charge in [0.1, 0.15) is 0 Å². The summed E-state index contributed by atoms with van der Waals surface area (Å²) in [6, 6.07) is -0.490. The van der Waals surface area contributed by atoms with Crippen LogP contribution in [0, 0.1) is 0 Å². The van der Waals surface area contributed by atoms with E-state index in [4.69, 9.17) is 5.73 Å². The number of aryl methyl sites for hydroxylation is 1. The van der Waals surface area contributed by atoms with Gasteiger partial charge in [-0.3, -0.25) is 4.68 Å². The molecule has 0 bridgehead atoms. The molecular formula is C9H17N5O. The van der Waals surface area contributed by atoms with E-state index < -0.39 is 6.03 Å². The number of hydrogen-bond donors (Lipinski definition) is 3. The zero-order valence-electron chi connectivity index (χ0n) is 8.86. The molecular weight excluding hydrogens is 194 g/mol. The minimum absolute atomic E-state index is 0.490. The molecule has 0 aliphatic rings. The highest BCUT2D eigenvalue weighted by atomic mass is 16.2. The van der Waals surface area contributed by atoms with E-state index in [1.807, 2.05) is 24.0 Å². The molecule has 2 amide bonds. The maximum atomic E-state index is 10.3. The maximum absolute atomic E-state index is 10.3. The third kappa shape index (κ3) is 4.46. The van der Waals surface area contributed by atoms with Gasteiger partial charge in [0.05, 0.1) is 6.20 Å². The van der Waals surface area contributed by atoms with Gasteiger partial charge in [0.15, 0.2) is 0 Å². The number of nitrogens with one attached hydrogen (secondary N) is 2. The van der Waals surface area contributed by atoms with Crippen molar-refractivity contribution in [2.45, 2.75) is 20.0 Å². The molecule has 6 heteroatoms. The zero-order valence-corrected chi connectivity index (χ0v) is 8.86. The van der Waals surface area contributed by atoms with Crippen LogP contribution in [0.15, 0.2) is 12.4 Å². The molecule has 0 saturated carbocycles. The first-order chi connectivity index (χ1) is 7.22. The molecule has 6 nitrogen and oxygen atoms in total. The first-order valence-corrected chi connectivity index (χ1v) is 4.97. The number of amides is 2. The molecule has 0 fully saturated rings. The summed E-state index contributed by atoms with van der Waals surface area (Å²) < 4.78 is 1.87. The van der Waals surface area contributed by atoms with Gasteiger partial charge in [0.25, 0.3) is 0 Å². The lowest BCUT2D eigenvalue weighted by molar-refractivity contribution is 0.249. The molecule has 1 heterocycles. The van der Waals surface area contributed by atoms with Crippen LogP contribution in [0.4, 0.5) is 4.79 Å². The van der Waals surface area contributed by atoms with Crippen molar-refractivity contribution in [2.75, 3.05) is 13.1 Å². The van der Waals surface area contributed by atoms with E-state index in [2.05, 4.69) is 15.7 Å². The van der Waals surface area contributed by atoms with Crippen molar-refractivity contribution >= 4 is 6.03 Å². The van der Waals surface area contributed by atoms with Crippen LogP contribution in [-0.2, 0) is 13.1 Å². The highest BCUT2D eigenvalue weighted by Crippen LogP contribution is 1.95. The van der Waals surface area contributed by atoms with E-state index in [1.165, 1.54) is 0 Å². The highest BCUT2D eigenvalue weighted by molar-refractivity contribution is 5.71. The standard InChI is InChI=1S/C9H17N5O/c1-2-14-7-8(6-13-14)5-11-3-4-12-9(10)15/h6-7,11H,2-5H2,1H3,(H3,10,12,15). The Morgan fingerprint density at radius 3 is 3.00 bits per heavy atom. The van der Waals surface area contributed by atoms with Gasteiger partial charge in [-0.25, -0.2) is 4.79 Å². The second kappa shape index (κ2) is 6.02. The maximum Gasteiger partial charge on any atom is 0.312 e. The second-order valence-electron chi connectivity index (χ2n) is 3.17. The highest BCUT2D eigenvalue weighted by Gasteiger charge is 1.96. The fourth-order valence-electron chi connectivity index (χ4n) is 1.18. The van der Waals surface area contributed by atoms with Gasteiger partial charge in [0.2, 0.25) is 0 Å². The summed E-state index contributed by atoms with van der Waals surface area (Å²) in [6.07, 6.45) is 3.83. The lowest BCUT2D eigenvalue weighted by Crippen LogP contribution is -2.35. The summed E-state index contributed by atoms with van der Waals surface area (Å²) in [5, 5.41) is 9.82. The number of nitrogens with two attached hydrogens (primary N) is 1. The molecule has 0 aliphatic heterocycles. The summed E-state index contributed by atoms with van der Waals surface area (Å²) >= 11 is 0. The summed E-state index contributed by atoms with van der Waals surface area (Å²) in [7, 11) is 0. The Hall–Kier alpha value is -1.56. The predicted octanol–water partition coefficient (Wildman–Crippen LogP) is -0.339. The summed E-state index contributed by atoms with van der Waals surface area (Å²) in [5.74, 6) is 0. The van der Waals surface area contributed by atoms with Crippen LogP contribution in [0.1, 0.15) is 12.5 Å². The fraction of sp³-hybridized carbons (Fsp3) is 0.556. The van der Waals surface area contributed by atoms with Crippen LogP contribution in [0.3, 0.4) is 0 Å². The van der Waals surface area contributed by atoms with E-state index in [0.29, 0.717) is 13.1 Å². The van der Waals surface area contributed by atoms with Crippen molar-refractivity contribution in [2.24, 2.45) is 5.73 Å². The number of rotatable bonds is 6. The number of urea groups is 1. The number of nitrogens with zero attached hydrogens (tertiary/aromatic N) is 2. The monoisotopic (exact) mass is 211 g/mol. The van der Waals surface area contributed by atoms with E-state index >= 15 is 0 Å². The van der Waals surface area contributed by atoms with Crippen LogP contribution < -0.4 is 16.4 Å². The predicted molar refractivity (Wildman–Crippen MR) is 57.2 cm³/mol. The molecule has 1 rings (SSSR count). The van der Waals surface area contributed by atoms with Crippen molar-refractivity contribution in [1.82, 2.24) is 20.4 Å². The van der Waals surface area contributed by atoms with Crippen LogP contribution >= 0.6 is 0 Å². The number of aromatic nitrogens is 2. The number of hydrogen-bond acceptors (Lipinski definition) is 3. The number of carbonyl (C=O) groups is 1. The van der Waals surface area contributed by atoms with Crippen molar-refractivity contribution in [3.05, 3.63) is 18.0 Å². The average Bonchev–Trinajstić information content (AvgIpc) is 2.65. The molecule has 0 unspecified atom stereocenters. The van der Waals surface area contributed by atoms with Crippen molar-refractivity contribution in [1.29, 1.82) is 0 Å². The number of carbonyl (C=O) groups excluding carboxylic acids is 1. The molecule has 0 atom stereocenters. The molecule has 0 radical (unpaired) electrons.